The highest BCUT2D eigenvalue weighted by Crippen LogP contribution is 2.22. The number of likely N-dealkylation sites (tertiary alicyclic amines) is 1. The van der Waals surface area contributed by atoms with Crippen LogP contribution >= 0.6 is 0 Å². The van der Waals surface area contributed by atoms with Crippen molar-refractivity contribution in [3.63, 3.8) is 0 Å². The van der Waals surface area contributed by atoms with Crippen LogP contribution in [-0.4, -0.2) is 36.1 Å². The normalized spacial score (nSPS) is 24.1. The largest absolute Gasteiger partial charge is 0.317 e. The highest BCUT2D eigenvalue weighted by atomic mass is 15.1. The van der Waals surface area contributed by atoms with Gasteiger partial charge in [-0.15, -0.1) is 0 Å². The zero-order chi connectivity index (χ0) is 13.9. The van der Waals surface area contributed by atoms with Gasteiger partial charge in [0.25, 0.3) is 0 Å². The summed E-state index contributed by atoms with van der Waals surface area (Å²) in [5.74, 6) is 0.705. The Morgan fingerprint density at radius 1 is 1.30 bits per heavy atom. The molecular formula is C17H23N3. The summed E-state index contributed by atoms with van der Waals surface area (Å²) in [7, 11) is 2.07. The molecule has 1 N–H and O–H groups in total. The molecule has 2 atom stereocenters. The van der Waals surface area contributed by atoms with E-state index in [2.05, 4.69) is 53.4 Å². The van der Waals surface area contributed by atoms with Crippen molar-refractivity contribution >= 4 is 10.9 Å². The molecule has 1 saturated heterocycles. The van der Waals surface area contributed by atoms with E-state index < -0.39 is 0 Å². The minimum absolute atomic E-state index is 0.664. The lowest BCUT2D eigenvalue weighted by Gasteiger charge is -2.36. The van der Waals surface area contributed by atoms with Gasteiger partial charge in [0.2, 0.25) is 0 Å². The maximum Gasteiger partial charge on any atom is 0.0746 e. The van der Waals surface area contributed by atoms with Crippen LogP contribution in [0.5, 0.6) is 0 Å². The van der Waals surface area contributed by atoms with Crippen molar-refractivity contribution in [1.82, 2.24) is 15.2 Å². The van der Waals surface area contributed by atoms with E-state index >= 15 is 0 Å². The smallest absolute Gasteiger partial charge is 0.0746 e. The zero-order valence-electron chi connectivity index (χ0n) is 12.3. The summed E-state index contributed by atoms with van der Waals surface area (Å²) in [5, 5.41) is 4.67. The predicted molar refractivity (Wildman–Crippen MR) is 83.6 cm³/mol. The molecule has 1 aliphatic rings. The highest BCUT2D eigenvalue weighted by molar-refractivity contribution is 5.81. The van der Waals surface area contributed by atoms with Gasteiger partial charge in [-0.2, -0.15) is 0 Å². The average molecular weight is 269 g/mol. The number of hydrogen-bond donors (Lipinski definition) is 1. The van der Waals surface area contributed by atoms with Gasteiger partial charge >= 0.3 is 0 Å². The summed E-state index contributed by atoms with van der Waals surface area (Å²) in [6, 6.07) is 11.3. The Labute approximate surface area is 121 Å². The maximum absolute atomic E-state index is 4.56. The summed E-state index contributed by atoms with van der Waals surface area (Å²) in [5.41, 5.74) is 2.50. The number of benzene rings is 1. The molecule has 0 radical (unpaired) electrons. The lowest BCUT2D eigenvalue weighted by molar-refractivity contribution is 0.145. The fraction of sp³-hybridized carbons (Fsp3) is 0.471. The fourth-order valence-electron chi connectivity index (χ4n) is 3.34. The van der Waals surface area contributed by atoms with Crippen molar-refractivity contribution in [2.24, 2.45) is 5.92 Å². The molecule has 3 heteroatoms. The van der Waals surface area contributed by atoms with Crippen molar-refractivity contribution in [1.29, 1.82) is 0 Å². The molecule has 20 heavy (non-hydrogen) atoms. The summed E-state index contributed by atoms with van der Waals surface area (Å²) >= 11 is 0. The Morgan fingerprint density at radius 3 is 2.95 bits per heavy atom. The van der Waals surface area contributed by atoms with Crippen LogP contribution in [0.4, 0.5) is 0 Å². The summed E-state index contributed by atoms with van der Waals surface area (Å²) in [6.45, 7) is 5.68. The molecule has 3 nitrogen and oxygen atoms in total. The lowest BCUT2D eigenvalue weighted by Crippen LogP contribution is -2.46. The molecule has 0 aliphatic carbocycles. The Hall–Kier alpha value is -1.45. The van der Waals surface area contributed by atoms with Gasteiger partial charge in [0.1, 0.15) is 0 Å². The van der Waals surface area contributed by atoms with Gasteiger partial charge in [-0.1, -0.05) is 31.2 Å². The van der Waals surface area contributed by atoms with E-state index in [1.165, 1.54) is 23.9 Å². The van der Waals surface area contributed by atoms with Crippen molar-refractivity contribution in [3.8, 4) is 0 Å². The number of piperidine rings is 1. The second-order valence-corrected chi connectivity index (χ2v) is 5.89. The first-order valence-corrected chi connectivity index (χ1v) is 7.50. The minimum atomic E-state index is 0.664. The number of rotatable bonds is 3. The molecule has 1 aliphatic heterocycles. The summed E-state index contributed by atoms with van der Waals surface area (Å²) in [4.78, 5) is 7.12. The third-order valence-corrected chi connectivity index (χ3v) is 4.47. The molecule has 1 aromatic heterocycles. The first kappa shape index (κ1) is 13.5. The van der Waals surface area contributed by atoms with Crippen molar-refractivity contribution in [3.05, 3.63) is 42.1 Å². The first-order valence-electron chi connectivity index (χ1n) is 7.50. The summed E-state index contributed by atoms with van der Waals surface area (Å²) in [6.07, 6.45) is 3.12. The Balaban J connectivity index is 1.77. The van der Waals surface area contributed by atoms with E-state index in [4.69, 9.17) is 0 Å². The minimum Gasteiger partial charge on any atom is -0.317 e. The van der Waals surface area contributed by atoms with E-state index in [0.717, 1.165) is 18.6 Å². The third-order valence-electron chi connectivity index (χ3n) is 4.47. The molecule has 2 aromatic rings. The Bertz CT molecular complexity index is 576. The number of hydrogen-bond acceptors (Lipinski definition) is 3. The third kappa shape index (κ3) is 2.69. The quantitative estimate of drug-likeness (QED) is 0.928. The van der Waals surface area contributed by atoms with Crippen LogP contribution < -0.4 is 5.32 Å². The van der Waals surface area contributed by atoms with Crippen LogP contribution in [0.2, 0.25) is 0 Å². The van der Waals surface area contributed by atoms with E-state index in [0.29, 0.717) is 12.0 Å². The van der Waals surface area contributed by atoms with E-state index in [-0.39, 0.29) is 0 Å². The molecule has 1 fully saturated rings. The van der Waals surface area contributed by atoms with Crippen LogP contribution in [0.3, 0.4) is 0 Å². The lowest BCUT2D eigenvalue weighted by atomic mass is 9.93. The number of fused-ring (bicyclic) bond motifs is 1. The van der Waals surface area contributed by atoms with Gasteiger partial charge in [-0.25, -0.2) is 0 Å². The number of aromatic nitrogens is 1. The van der Waals surface area contributed by atoms with Gasteiger partial charge in [-0.05, 0) is 37.6 Å². The van der Waals surface area contributed by atoms with E-state index in [9.17, 15) is 0 Å². The van der Waals surface area contributed by atoms with Gasteiger partial charge in [0.05, 0.1) is 5.52 Å². The number of para-hydroxylation sites is 1. The monoisotopic (exact) mass is 269 g/mol. The second kappa shape index (κ2) is 5.90. The van der Waals surface area contributed by atoms with Gasteiger partial charge in [0, 0.05) is 30.7 Å². The van der Waals surface area contributed by atoms with Crippen LogP contribution in [-0.2, 0) is 6.54 Å². The van der Waals surface area contributed by atoms with Crippen LogP contribution in [0.1, 0.15) is 18.9 Å². The molecule has 3 rings (SSSR count). The van der Waals surface area contributed by atoms with E-state index in [1.54, 1.807) is 0 Å². The number of nitrogens with one attached hydrogen (secondary N) is 1. The molecule has 0 amide bonds. The van der Waals surface area contributed by atoms with Crippen molar-refractivity contribution in [2.45, 2.75) is 25.9 Å². The Morgan fingerprint density at radius 2 is 2.15 bits per heavy atom. The molecule has 0 spiro atoms. The molecule has 106 valence electrons. The van der Waals surface area contributed by atoms with Gasteiger partial charge in [-0.3, -0.25) is 9.88 Å². The molecule has 2 unspecified atom stereocenters. The fourth-order valence-corrected chi connectivity index (χ4v) is 3.34. The SMILES string of the molecule is CNC1CCN(Cc2cccc3cccnc23)CC1C. The van der Waals surface area contributed by atoms with E-state index in [1.807, 2.05) is 12.3 Å². The zero-order valence-corrected chi connectivity index (χ0v) is 12.3. The highest BCUT2D eigenvalue weighted by Gasteiger charge is 2.24. The molecule has 0 saturated carbocycles. The number of nitrogens with zero attached hydrogens (tertiary/aromatic N) is 2. The maximum atomic E-state index is 4.56. The molecular weight excluding hydrogens is 246 g/mol. The molecule has 2 heterocycles. The predicted octanol–water partition coefficient (Wildman–Crippen LogP) is 2.66. The van der Waals surface area contributed by atoms with Gasteiger partial charge < -0.3 is 5.32 Å². The van der Waals surface area contributed by atoms with Crippen molar-refractivity contribution < 1.29 is 0 Å². The molecule has 0 bridgehead atoms. The Kier molecular flexibility index (Phi) is 3.99. The summed E-state index contributed by atoms with van der Waals surface area (Å²) < 4.78 is 0. The van der Waals surface area contributed by atoms with Crippen LogP contribution in [0.15, 0.2) is 36.5 Å². The van der Waals surface area contributed by atoms with Crippen LogP contribution in [0, 0.1) is 5.92 Å². The second-order valence-electron chi connectivity index (χ2n) is 5.89. The van der Waals surface area contributed by atoms with Crippen molar-refractivity contribution in [2.75, 3.05) is 20.1 Å². The van der Waals surface area contributed by atoms with Crippen LogP contribution in [0.25, 0.3) is 10.9 Å². The standard InChI is InChI=1S/C17H23N3/c1-13-11-20(10-8-16(13)18-2)12-15-6-3-5-14-7-4-9-19-17(14)15/h3-7,9,13,16,18H,8,10-12H2,1-2H3. The average Bonchev–Trinajstić information content (AvgIpc) is 2.48. The molecule has 1 aromatic carbocycles. The first-order chi connectivity index (χ1) is 9.78. The topological polar surface area (TPSA) is 28.2 Å². The van der Waals surface area contributed by atoms with Gasteiger partial charge in [0.15, 0.2) is 0 Å². The number of pyridine rings is 1.